The zero-order valence-corrected chi connectivity index (χ0v) is 23.3. The molecule has 0 N–H and O–H groups in total. The molecule has 0 nitrogen and oxygen atoms in total. The van der Waals surface area contributed by atoms with Crippen molar-refractivity contribution >= 4 is 28.0 Å². The molecule has 5 heteroatoms. The third kappa shape index (κ3) is 9.91. The van der Waals surface area contributed by atoms with Gasteiger partial charge in [0.05, 0.1) is 0 Å². The Balaban J connectivity index is -0.000000346. The van der Waals surface area contributed by atoms with E-state index in [1.54, 1.807) is 10.4 Å². The molecule has 0 spiro atoms. The maximum atomic E-state index is 2.41. The number of hydrogen-bond acceptors (Lipinski definition) is 0. The van der Waals surface area contributed by atoms with Gasteiger partial charge in [0, 0.05) is 17.6 Å². The Morgan fingerprint density at radius 3 is 1.80 bits per heavy atom. The minimum Gasteiger partial charge on any atom is -1.00 e. The van der Waals surface area contributed by atoms with Gasteiger partial charge in [-0.05, 0) is 5.92 Å². The molecule has 0 atom stereocenters. The van der Waals surface area contributed by atoms with Gasteiger partial charge in [-0.2, -0.15) is 39.7 Å². The average molecular weight is 493 g/mol. The van der Waals surface area contributed by atoms with Crippen LogP contribution in [0.5, 0.6) is 0 Å². The van der Waals surface area contributed by atoms with Gasteiger partial charge in [-0.3, -0.25) is 0 Å². The first-order chi connectivity index (χ1) is 10.2. The fourth-order valence-electron chi connectivity index (χ4n) is 2.70. The van der Waals surface area contributed by atoms with Crippen LogP contribution in [-0.2, 0) is 26.2 Å². The van der Waals surface area contributed by atoms with Crippen LogP contribution in [0.4, 0.5) is 0 Å². The molecule has 0 saturated carbocycles. The molecule has 0 amide bonds. The zero-order chi connectivity index (χ0) is 16.9. The van der Waals surface area contributed by atoms with Crippen molar-refractivity contribution in [1.82, 2.24) is 0 Å². The molecule has 2 rings (SSSR count). The zero-order valence-electron chi connectivity index (χ0n) is 17.0. The topological polar surface area (TPSA) is 0 Å². The Bertz CT molecular complexity index is 513. The molecule has 0 heterocycles. The van der Waals surface area contributed by atoms with Gasteiger partial charge in [-0.1, -0.05) is 59.8 Å². The van der Waals surface area contributed by atoms with Crippen LogP contribution in [0.15, 0.2) is 36.4 Å². The predicted molar refractivity (Wildman–Crippen MR) is 109 cm³/mol. The normalized spacial score (nSPS) is 10.1. The van der Waals surface area contributed by atoms with E-state index in [0.717, 1.165) is 0 Å². The molecule has 0 saturated heterocycles. The summed E-state index contributed by atoms with van der Waals surface area (Å²) in [6.45, 7) is 18.6. The van der Waals surface area contributed by atoms with Gasteiger partial charge >= 0.3 is 26.2 Å². The van der Waals surface area contributed by atoms with E-state index in [-0.39, 0.29) is 51.0 Å². The van der Waals surface area contributed by atoms with Crippen LogP contribution in [0.2, 0.25) is 26.2 Å². The first-order valence-corrected chi connectivity index (χ1v) is 14.5. The van der Waals surface area contributed by atoms with Crippen LogP contribution in [0.3, 0.4) is 0 Å². The molecule has 2 aromatic rings. The monoisotopic (exact) mass is 490 g/mol. The van der Waals surface area contributed by atoms with E-state index >= 15 is 0 Å². The standard InChI is InChI=1S/C11H17.C9H17Si2.2ClH.Zr/c1-8(2)10-5-6-11(7-10)9(3)4;1-10(2)8-6-5-7-9(8)11(3)4;;;/h5-9H,1-4H3;5-7,10-11H,1-4H3;2*1H;/q2*-1;;;+4/p-2. The minimum atomic E-state index is -0.541. The summed E-state index contributed by atoms with van der Waals surface area (Å²) >= 11 is 0. The molecule has 0 aromatic heterocycles. The SMILES string of the molecule is CC(C)c1c[cH-]c(C(C)C)c1.C[SiH](C)c1ccc[c-]1[SiH](C)C.[Cl-].[Cl-].[Zr+4]. The predicted octanol–water partition coefficient (Wildman–Crippen LogP) is -1.55. The Morgan fingerprint density at radius 1 is 0.960 bits per heavy atom. The number of halogens is 2. The molecule has 0 unspecified atom stereocenters. The maximum Gasteiger partial charge on any atom is 4.00 e. The molecule has 0 aliphatic carbocycles. The van der Waals surface area contributed by atoms with Crippen LogP contribution in [0.1, 0.15) is 50.7 Å². The van der Waals surface area contributed by atoms with Crippen LogP contribution in [-0.4, -0.2) is 17.6 Å². The molecular formula is C20H34Cl2Si2Zr. The fraction of sp³-hybridized carbons (Fsp3) is 0.500. The Labute approximate surface area is 191 Å². The van der Waals surface area contributed by atoms with Crippen LogP contribution in [0, 0.1) is 0 Å². The summed E-state index contributed by atoms with van der Waals surface area (Å²) in [4.78, 5) is 0. The van der Waals surface area contributed by atoms with E-state index in [4.69, 9.17) is 0 Å². The van der Waals surface area contributed by atoms with Crippen LogP contribution in [0.25, 0.3) is 0 Å². The van der Waals surface area contributed by atoms with E-state index in [1.807, 2.05) is 0 Å². The van der Waals surface area contributed by atoms with Crippen molar-refractivity contribution in [2.45, 2.75) is 65.7 Å². The Morgan fingerprint density at radius 2 is 1.52 bits per heavy atom. The second kappa shape index (κ2) is 14.6. The summed E-state index contributed by atoms with van der Waals surface area (Å²) in [5.74, 6) is 1.34. The minimum absolute atomic E-state index is 0. The van der Waals surface area contributed by atoms with Crippen molar-refractivity contribution in [1.29, 1.82) is 0 Å². The maximum absolute atomic E-state index is 2.41. The third-order valence-corrected chi connectivity index (χ3v) is 8.14. The molecule has 0 aliphatic heterocycles. The van der Waals surface area contributed by atoms with Crippen LogP contribution < -0.4 is 35.2 Å². The largest absolute Gasteiger partial charge is 4.00 e. The Kier molecular flexibility index (Phi) is 17.7. The number of hydrogen-bond donors (Lipinski definition) is 0. The van der Waals surface area contributed by atoms with Crippen molar-refractivity contribution in [2.24, 2.45) is 0 Å². The quantitative estimate of drug-likeness (QED) is 0.358. The third-order valence-electron chi connectivity index (χ3n) is 4.26. The van der Waals surface area contributed by atoms with Gasteiger partial charge in [-0.25, -0.2) is 18.2 Å². The average Bonchev–Trinajstić information content (AvgIpc) is 3.09. The molecule has 0 radical (unpaired) electrons. The number of rotatable bonds is 4. The van der Waals surface area contributed by atoms with Crippen molar-refractivity contribution in [2.75, 3.05) is 0 Å². The van der Waals surface area contributed by atoms with E-state index in [2.05, 4.69) is 90.3 Å². The molecule has 0 bridgehead atoms. The van der Waals surface area contributed by atoms with E-state index in [9.17, 15) is 0 Å². The summed E-state index contributed by atoms with van der Waals surface area (Å²) < 4.78 is 0. The van der Waals surface area contributed by atoms with Gasteiger partial charge < -0.3 is 24.8 Å². The van der Waals surface area contributed by atoms with E-state index in [1.165, 1.54) is 11.1 Å². The molecule has 0 fully saturated rings. The van der Waals surface area contributed by atoms with E-state index < -0.39 is 17.6 Å². The van der Waals surface area contributed by atoms with Crippen molar-refractivity contribution in [3.8, 4) is 0 Å². The summed E-state index contributed by atoms with van der Waals surface area (Å²) in [5.41, 5.74) is 2.93. The summed E-state index contributed by atoms with van der Waals surface area (Å²) in [6.07, 6.45) is 0. The fourth-order valence-corrected chi connectivity index (χ4v) is 7.22. The molecule has 140 valence electrons. The van der Waals surface area contributed by atoms with Crippen molar-refractivity contribution in [3.05, 3.63) is 47.5 Å². The molecule has 0 aliphatic rings. The van der Waals surface area contributed by atoms with Crippen LogP contribution >= 0.6 is 0 Å². The smallest absolute Gasteiger partial charge is 1.00 e. The summed E-state index contributed by atoms with van der Waals surface area (Å²) in [5, 5.41) is 3.43. The Hall–Kier alpha value is 0.597. The second-order valence-corrected chi connectivity index (χ2v) is 13.4. The van der Waals surface area contributed by atoms with Gasteiger partial charge in [0.2, 0.25) is 0 Å². The molecule has 25 heavy (non-hydrogen) atoms. The van der Waals surface area contributed by atoms with Gasteiger partial charge in [0.1, 0.15) is 0 Å². The van der Waals surface area contributed by atoms with Gasteiger partial charge in [0.25, 0.3) is 0 Å². The van der Waals surface area contributed by atoms with Crippen molar-refractivity contribution in [3.63, 3.8) is 0 Å². The first kappa shape index (κ1) is 30.3. The first-order valence-electron chi connectivity index (χ1n) is 8.76. The van der Waals surface area contributed by atoms with Gasteiger partial charge in [0.15, 0.2) is 0 Å². The summed E-state index contributed by atoms with van der Waals surface area (Å²) in [6, 6.07) is 13.7. The summed E-state index contributed by atoms with van der Waals surface area (Å²) in [7, 11) is -1.08. The molecule has 2 aromatic carbocycles. The van der Waals surface area contributed by atoms with Gasteiger partial charge in [-0.15, -0.1) is 0 Å². The second-order valence-electron chi connectivity index (χ2n) is 7.53. The van der Waals surface area contributed by atoms with Crippen molar-refractivity contribution < 1.29 is 51.0 Å². The molecular weight excluding hydrogens is 459 g/mol. The van der Waals surface area contributed by atoms with E-state index in [0.29, 0.717) is 11.8 Å².